The minimum absolute atomic E-state index is 0.0721. The smallest absolute Gasteiger partial charge is 0.303 e. The van der Waals surface area contributed by atoms with Crippen molar-refractivity contribution in [2.24, 2.45) is 0 Å². The van der Waals surface area contributed by atoms with E-state index < -0.39 is 5.97 Å². The molecular formula is C12H15NO4. The van der Waals surface area contributed by atoms with Crippen LogP contribution in [0.4, 0.5) is 5.69 Å². The van der Waals surface area contributed by atoms with Crippen LogP contribution in [0.25, 0.3) is 0 Å². The van der Waals surface area contributed by atoms with E-state index in [2.05, 4.69) is 5.32 Å². The Morgan fingerprint density at radius 2 is 2.12 bits per heavy atom. The highest BCUT2D eigenvalue weighted by Gasteiger charge is 2.06. The van der Waals surface area contributed by atoms with Gasteiger partial charge in [-0.05, 0) is 24.1 Å². The van der Waals surface area contributed by atoms with Gasteiger partial charge in [0.1, 0.15) is 5.75 Å². The number of carboxylic acid groups (broad SMARTS) is 1. The zero-order valence-corrected chi connectivity index (χ0v) is 9.82. The van der Waals surface area contributed by atoms with E-state index in [0.717, 1.165) is 5.56 Å². The highest BCUT2D eigenvalue weighted by Crippen LogP contribution is 2.26. The quantitative estimate of drug-likeness (QED) is 0.816. The lowest BCUT2D eigenvalue weighted by Gasteiger charge is -2.10. The van der Waals surface area contributed by atoms with Crippen molar-refractivity contribution in [3.05, 3.63) is 23.8 Å². The summed E-state index contributed by atoms with van der Waals surface area (Å²) < 4.78 is 5.13. The molecule has 1 rings (SSSR count). The number of methoxy groups -OCH3 is 1. The molecule has 0 aliphatic rings. The summed E-state index contributed by atoms with van der Waals surface area (Å²) in [4.78, 5) is 21.4. The molecule has 1 amide bonds. The normalized spacial score (nSPS) is 9.76. The summed E-state index contributed by atoms with van der Waals surface area (Å²) in [5.41, 5.74) is 1.44. The summed E-state index contributed by atoms with van der Waals surface area (Å²) in [6, 6.07) is 5.21. The maximum atomic E-state index is 10.9. The average Bonchev–Trinajstić information content (AvgIpc) is 2.26. The molecule has 0 fully saturated rings. The summed E-state index contributed by atoms with van der Waals surface area (Å²) in [5, 5.41) is 11.2. The van der Waals surface area contributed by atoms with Crippen molar-refractivity contribution in [1.29, 1.82) is 0 Å². The van der Waals surface area contributed by atoms with E-state index in [0.29, 0.717) is 17.9 Å². The van der Waals surface area contributed by atoms with Crippen molar-refractivity contribution in [1.82, 2.24) is 0 Å². The summed E-state index contributed by atoms with van der Waals surface area (Å²) in [6.45, 7) is 1.41. The first kappa shape index (κ1) is 13.0. The number of anilines is 1. The fraction of sp³-hybridized carbons (Fsp3) is 0.333. The number of aryl methyl sites for hydroxylation is 1. The van der Waals surface area contributed by atoms with E-state index in [-0.39, 0.29) is 12.3 Å². The van der Waals surface area contributed by atoms with Crippen LogP contribution < -0.4 is 10.1 Å². The van der Waals surface area contributed by atoms with Crippen LogP contribution in [0, 0.1) is 0 Å². The second kappa shape index (κ2) is 5.89. The zero-order chi connectivity index (χ0) is 12.8. The Morgan fingerprint density at radius 1 is 1.41 bits per heavy atom. The summed E-state index contributed by atoms with van der Waals surface area (Å²) >= 11 is 0. The maximum absolute atomic E-state index is 10.9. The van der Waals surface area contributed by atoms with Gasteiger partial charge < -0.3 is 15.2 Å². The van der Waals surface area contributed by atoms with E-state index in [1.165, 1.54) is 14.0 Å². The zero-order valence-electron chi connectivity index (χ0n) is 9.82. The van der Waals surface area contributed by atoms with Crippen LogP contribution in [0.3, 0.4) is 0 Å². The topological polar surface area (TPSA) is 75.6 Å². The molecule has 1 aromatic rings. The van der Waals surface area contributed by atoms with Crippen molar-refractivity contribution in [2.75, 3.05) is 12.4 Å². The Hall–Kier alpha value is -2.04. The number of carboxylic acids is 1. The highest BCUT2D eigenvalue weighted by atomic mass is 16.5. The number of carbonyl (C=O) groups is 2. The molecule has 17 heavy (non-hydrogen) atoms. The first-order valence-electron chi connectivity index (χ1n) is 5.19. The Balaban J connectivity index is 2.84. The number of hydrogen-bond donors (Lipinski definition) is 2. The molecule has 1 aromatic carbocycles. The van der Waals surface area contributed by atoms with Gasteiger partial charge in [-0.3, -0.25) is 9.59 Å². The monoisotopic (exact) mass is 237 g/mol. The Morgan fingerprint density at radius 3 is 2.65 bits per heavy atom. The van der Waals surface area contributed by atoms with Crippen molar-refractivity contribution in [3.8, 4) is 5.75 Å². The van der Waals surface area contributed by atoms with Gasteiger partial charge in [0.15, 0.2) is 0 Å². The van der Waals surface area contributed by atoms with E-state index in [4.69, 9.17) is 9.84 Å². The molecule has 0 aliphatic heterocycles. The SMILES string of the molecule is COc1cc(CCC(=O)O)ccc1NC(C)=O. The van der Waals surface area contributed by atoms with E-state index in [1.807, 2.05) is 0 Å². The predicted octanol–water partition coefficient (Wildman–Crippen LogP) is 1.67. The van der Waals surface area contributed by atoms with Crippen molar-refractivity contribution < 1.29 is 19.4 Å². The number of carbonyl (C=O) groups excluding carboxylic acids is 1. The molecule has 5 heteroatoms. The first-order valence-corrected chi connectivity index (χ1v) is 5.19. The number of hydrogen-bond acceptors (Lipinski definition) is 3. The maximum Gasteiger partial charge on any atom is 0.303 e. The standard InChI is InChI=1S/C12H15NO4/c1-8(14)13-10-5-3-9(4-6-12(15)16)7-11(10)17-2/h3,5,7H,4,6H2,1-2H3,(H,13,14)(H,15,16). The minimum Gasteiger partial charge on any atom is -0.495 e. The largest absolute Gasteiger partial charge is 0.495 e. The van der Waals surface area contributed by atoms with E-state index in [1.54, 1.807) is 18.2 Å². The molecule has 92 valence electrons. The summed E-state index contributed by atoms with van der Waals surface area (Å²) in [6.07, 6.45) is 0.509. The lowest BCUT2D eigenvalue weighted by Crippen LogP contribution is -2.07. The van der Waals surface area contributed by atoms with Crippen LogP contribution in [-0.2, 0) is 16.0 Å². The van der Waals surface area contributed by atoms with Crippen LogP contribution in [0.5, 0.6) is 5.75 Å². The van der Waals surface area contributed by atoms with Gasteiger partial charge in [-0.25, -0.2) is 0 Å². The lowest BCUT2D eigenvalue weighted by molar-refractivity contribution is -0.137. The summed E-state index contributed by atoms with van der Waals surface area (Å²) in [5.74, 6) is -0.487. The third kappa shape index (κ3) is 4.14. The fourth-order valence-electron chi connectivity index (χ4n) is 1.44. The van der Waals surface area contributed by atoms with E-state index >= 15 is 0 Å². The minimum atomic E-state index is -0.838. The van der Waals surface area contributed by atoms with Crippen LogP contribution in [-0.4, -0.2) is 24.1 Å². The molecule has 0 bridgehead atoms. The van der Waals surface area contributed by atoms with Gasteiger partial charge in [-0.2, -0.15) is 0 Å². The summed E-state index contributed by atoms with van der Waals surface area (Å²) in [7, 11) is 1.50. The molecule has 0 heterocycles. The number of ether oxygens (including phenoxy) is 1. The Bertz CT molecular complexity index is 429. The molecule has 2 N–H and O–H groups in total. The van der Waals surface area contributed by atoms with Gasteiger partial charge in [0.05, 0.1) is 12.8 Å². The molecule has 0 atom stereocenters. The number of rotatable bonds is 5. The van der Waals surface area contributed by atoms with Gasteiger partial charge in [-0.1, -0.05) is 6.07 Å². The van der Waals surface area contributed by atoms with Gasteiger partial charge in [-0.15, -0.1) is 0 Å². The lowest BCUT2D eigenvalue weighted by atomic mass is 10.1. The van der Waals surface area contributed by atoms with Gasteiger partial charge in [0, 0.05) is 13.3 Å². The second-order valence-electron chi connectivity index (χ2n) is 3.61. The molecule has 0 aromatic heterocycles. The molecule has 0 spiro atoms. The number of nitrogens with one attached hydrogen (secondary N) is 1. The van der Waals surface area contributed by atoms with Crippen molar-refractivity contribution in [2.45, 2.75) is 19.8 Å². The van der Waals surface area contributed by atoms with Crippen molar-refractivity contribution >= 4 is 17.6 Å². The van der Waals surface area contributed by atoms with Crippen LogP contribution >= 0.6 is 0 Å². The molecule has 5 nitrogen and oxygen atoms in total. The number of amides is 1. The van der Waals surface area contributed by atoms with Gasteiger partial charge in [0.25, 0.3) is 0 Å². The number of benzene rings is 1. The highest BCUT2D eigenvalue weighted by molar-refractivity contribution is 5.90. The van der Waals surface area contributed by atoms with Crippen LogP contribution in [0.2, 0.25) is 0 Å². The molecule has 0 aliphatic carbocycles. The average molecular weight is 237 g/mol. The third-order valence-electron chi connectivity index (χ3n) is 2.20. The van der Waals surface area contributed by atoms with Crippen molar-refractivity contribution in [3.63, 3.8) is 0 Å². The van der Waals surface area contributed by atoms with E-state index in [9.17, 15) is 9.59 Å². The van der Waals surface area contributed by atoms with Crippen LogP contribution in [0.1, 0.15) is 18.9 Å². The van der Waals surface area contributed by atoms with Crippen LogP contribution in [0.15, 0.2) is 18.2 Å². The molecular weight excluding hydrogens is 222 g/mol. The molecule has 0 saturated carbocycles. The Kier molecular flexibility index (Phi) is 4.51. The predicted molar refractivity (Wildman–Crippen MR) is 63.3 cm³/mol. The second-order valence-corrected chi connectivity index (χ2v) is 3.61. The fourth-order valence-corrected chi connectivity index (χ4v) is 1.44. The Labute approximate surface area is 99.4 Å². The molecule has 0 unspecified atom stereocenters. The van der Waals surface area contributed by atoms with Gasteiger partial charge >= 0.3 is 5.97 Å². The third-order valence-corrected chi connectivity index (χ3v) is 2.20. The first-order chi connectivity index (χ1) is 8.02. The molecule has 0 saturated heterocycles. The molecule has 0 radical (unpaired) electrons. The van der Waals surface area contributed by atoms with Gasteiger partial charge in [0.2, 0.25) is 5.91 Å². The number of aliphatic carboxylic acids is 1.